The van der Waals surface area contributed by atoms with Crippen LogP contribution in [-0.2, 0) is 4.79 Å². The number of hydrogen-bond acceptors (Lipinski definition) is 6. The first-order valence-electron chi connectivity index (χ1n) is 8.09. The Morgan fingerprint density at radius 1 is 1.19 bits per heavy atom. The average molecular weight is 356 g/mol. The maximum atomic E-state index is 11.4. The molecule has 8 heteroatoms. The molecule has 1 atom stereocenters. The van der Waals surface area contributed by atoms with E-state index in [9.17, 15) is 19.7 Å². The van der Waals surface area contributed by atoms with Crippen molar-refractivity contribution in [1.29, 1.82) is 0 Å². The van der Waals surface area contributed by atoms with Crippen LogP contribution >= 0.6 is 0 Å². The third-order valence-corrected chi connectivity index (χ3v) is 3.60. The Morgan fingerprint density at radius 3 is 2.62 bits per heavy atom. The number of nitrogens with one attached hydrogen (secondary N) is 3. The number of nitro groups is 1. The smallest absolute Gasteiger partial charge is 0.271 e. The Bertz CT molecular complexity index is 823. The second-order valence-electron chi connectivity index (χ2n) is 5.64. The van der Waals surface area contributed by atoms with Gasteiger partial charge >= 0.3 is 0 Å². The molecule has 0 aliphatic rings. The van der Waals surface area contributed by atoms with Crippen LogP contribution in [0, 0.1) is 10.1 Å². The predicted molar refractivity (Wildman–Crippen MR) is 101 cm³/mol. The van der Waals surface area contributed by atoms with Crippen LogP contribution in [0.4, 0.5) is 22.7 Å². The first-order valence-corrected chi connectivity index (χ1v) is 8.09. The van der Waals surface area contributed by atoms with Crippen molar-refractivity contribution in [3.63, 3.8) is 0 Å². The van der Waals surface area contributed by atoms with Gasteiger partial charge in [0.25, 0.3) is 5.69 Å². The largest absolute Gasteiger partial charge is 0.365 e. The zero-order chi connectivity index (χ0) is 19.1. The quantitative estimate of drug-likeness (QED) is 0.288. The molecule has 1 unspecified atom stereocenters. The van der Waals surface area contributed by atoms with Gasteiger partial charge in [0, 0.05) is 41.2 Å². The maximum Gasteiger partial charge on any atom is 0.271 e. The highest BCUT2D eigenvalue weighted by Gasteiger charge is 2.10. The second-order valence-corrected chi connectivity index (χ2v) is 5.64. The maximum absolute atomic E-state index is 11.4. The van der Waals surface area contributed by atoms with Crippen LogP contribution < -0.4 is 16.0 Å². The molecule has 0 aliphatic carbocycles. The molecule has 2 rings (SSSR count). The lowest BCUT2D eigenvalue weighted by atomic mass is 10.1. The van der Waals surface area contributed by atoms with E-state index in [1.165, 1.54) is 12.1 Å². The van der Waals surface area contributed by atoms with Crippen LogP contribution in [0.2, 0.25) is 0 Å². The number of aldehydes is 1. The zero-order valence-corrected chi connectivity index (χ0v) is 14.5. The van der Waals surface area contributed by atoms with Crippen LogP contribution in [-0.4, -0.2) is 23.3 Å². The van der Waals surface area contributed by atoms with Gasteiger partial charge in [0.1, 0.15) is 0 Å². The van der Waals surface area contributed by atoms with Gasteiger partial charge in [-0.05, 0) is 31.2 Å². The molecule has 26 heavy (non-hydrogen) atoms. The number of nitrogens with zero attached hydrogens (tertiary/aromatic N) is 1. The first kappa shape index (κ1) is 18.9. The Labute approximate surface area is 150 Å². The summed E-state index contributed by atoms with van der Waals surface area (Å²) in [6.45, 7) is 3.56. The van der Waals surface area contributed by atoms with Gasteiger partial charge in [-0.25, -0.2) is 0 Å². The molecular formula is C18H20N4O4. The van der Waals surface area contributed by atoms with Crippen molar-refractivity contribution >= 4 is 34.9 Å². The summed E-state index contributed by atoms with van der Waals surface area (Å²) in [6.07, 6.45) is 0.747. The van der Waals surface area contributed by atoms with Gasteiger partial charge in [-0.3, -0.25) is 19.7 Å². The fourth-order valence-corrected chi connectivity index (χ4v) is 2.35. The molecule has 0 aromatic heterocycles. The molecule has 0 fully saturated rings. The summed E-state index contributed by atoms with van der Waals surface area (Å²) in [6, 6.07) is 11.1. The summed E-state index contributed by atoms with van der Waals surface area (Å²) in [5.41, 5.74) is 2.10. The van der Waals surface area contributed by atoms with Gasteiger partial charge in [0.15, 0.2) is 6.29 Å². The lowest BCUT2D eigenvalue weighted by molar-refractivity contribution is -0.384. The molecule has 0 heterocycles. The van der Waals surface area contributed by atoms with Gasteiger partial charge in [-0.2, -0.15) is 0 Å². The molecule has 0 saturated heterocycles. The summed E-state index contributed by atoms with van der Waals surface area (Å²) < 4.78 is 0. The van der Waals surface area contributed by atoms with E-state index in [0.29, 0.717) is 35.3 Å². The normalized spacial score (nSPS) is 11.3. The molecule has 0 aliphatic heterocycles. The minimum absolute atomic E-state index is 0.00759. The Kier molecular flexibility index (Phi) is 6.26. The number of anilines is 3. The zero-order valence-electron chi connectivity index (χ0n) is 14.5. The molecule has 0 radical (unpaired) electrons. The fourth-order valence-electron chi connectivity index (χ4n) is 2.35. The molecule has 0 bridgehead atoms. The monoisotopic (exact) mass is 356 g/mol. The Hall–Kier alpha value is -3.42. The lowest BCUT2D eigenvalue weighted by Crippen LogP contribution is -2.25. The van der Waals surface area contributed by atoms with E-state index in [2.05, 4.69) is 16.0 Å². The van der Waals surface area contributed by atoms with E-state index in [1.54, 1.807) is 37.3 Å². The molecule has 136 valence electrons. The highest BCUT2D eigenvalue weighted by Crippen LogP contribution is 2.22. The predicted octanol–water partition coefficient (Wildman–Crippen LogP) is 3.63. The number of amides is 1. The van der Waals surface area contributed by atoms with Crippen molar-refractivity contribution in [2.24, 2.45) is 0 Å². The van der Waals surface area contributed by atoms with Crippen LogP contribution in [0.5, 0.6) is 0 Å². The Morgan fingerprint density at radius 2 is 1.96 bits per heavy atom. The van der Waals surface area contributed by atoms with E-state index >= 15 is 0 Å². The molecule has 2 aromatic rings. The van der Waals surface area contributed by atoms with Gasteiger partial charge in [0.05, 0.1) is 11.1 Å². The molecule has 3 N–H and O–H groups in total. The van der Waals surface area contributed by atoms with E-state index < -0.39 is 4.92 Å². The third-order valence-electron chi connectivity index (χ3n) is 3.60. The average Bonchev–Trinajstić information content (AvgIpc) is 2.62. The third kappa shape index (κ3) is 5.04. The second kappa shape index (κ2) is 8.61. The van der Waals surface area contributed by atoms with Crippen molar-refractivity contribution in [2.45, 2.75) is 26.4 Å². The van der Waals surface area contributed by atoms with Crippen molar-refractivity contribution in [1.82, 2.24) is 0 Å². The van der Waals surface area contributed by atoms with Gasteiger partial charge in [-0.1, -0.05) is 13.0 Å². The molecule has 0 saturated carbocycles. The highest BCUT2D eigenvalue weighted by atomic mass is 16.6. The van der Waals surface area contributed by atoms with Crippen molar-refractivity contribution in [2.75, 3.05) is 16.0 Å². The first-order chi connectivity index (χ1) is 12.4. The highest BCUT2D eigenvalue weighted by molar-refractivity contribution is 5.93. The summed E-state index contributed by atoms with van der Waals surface area (Å²) in [7, 11) is 0. The van der Waals surface area contributed by atoms with Crippen molar-refractivity contribution < 1.29 is 14.5 Å². The number of benzene rings is 2. The number of nitro benzene ring substituents is 1. The molecule has 8 nitrogen and oxygen atoms in total. The van der Waals surface area contributed by atoms with E-state index in [0.717, 1.165) is 0 Å². The van der Waals surface area contributed by atoms with Crippen molar-refractivity contribution in [3.8, 4) is 0 Å². The van der Waals surface area contributed by atoms with Gasteiger partial charge in [-0.15, -0.1) is 0 Å². The van der Waals surface area contributed by atoms with Crippen LogP contribution in [0.15, 0.2) is 42.5 Å². The summed E-state index contributed by atoms with van der Waals surface area (Å²) in [5, 5.41) is 19.8. The number of carbonyl (C=O) groups excluding carboxylic acids is 2. The minimum atomic E-state index is -0.461. The minimum Gasteiger partial charge on any atom is -0.365 e. The number of non-ortho nitro benzene ring substituents is 1. The lowest BCUT2D eigenvalue weighted by Gasteiger charge is -2.19. The number of hydrogen-bond donors (Lipinski definition) is 3. The van der Waals surface area contributed by atoms with Gasteiger partial charge < -0.3 is 16.0 Å². The SMILES string of the molecule is CCC(=O)Nc1ccc(NC(C)Nc2cccc([N+](=O)[O-])c2)c(C=O)c1. The summed E-state index contributed by atoms with van der Waals surface area (Å²) >= 11 is 0. The molecule has 2 aromatic carbocycles. The molecule has 1 amide bonds. The van der Waals surface area contributed by atoms with Crippen molar-refractivity contribution in [3.05, 3.63) is 58.1 Å². The van der Waals surface area contributed by atoms with Gasteiger partial charge in [0.2, 0.25) is 5.91 Å². The van der Waals surface area contributed by atoms with Crippen LogP contribution in [0.25, 0.3) is 0 Å². The Balaban J connectivity index is 2.09. The standard InChI is InChI=1S/C18H20N4O4/c1-3-18(24)21-15-7-8-17(13(9-15)11-23)20-12(2)19-14-5-4-6-16(10-14)22(25)26/h4-12,19-20H,3H2,1-2H3,(H,21,24). The molecule has 0 spiro atoms. The van der Waals surface area contributed by atoms with E-state index in [-0.39, 0.29) is 17.8 Å². The molecular weight excluding hydrogens is 336 g/mol. The fraction of sp³-hybridized carbons (Fsp3) is 0.222. The van der Waals surface area contributed by atoms with Crippen LogP contribution in [0.3, 0.4) is 0 Å². The number of rotatable bonds is 8. The topological polar surface area (TPSA) is 113 Å². The summed E-state index contributed by atoms with van der Waals surface area (Å²) in [4.78, 5) is 33.2. The van der Waals surface area contributed by atoms with Crippen LogP contribution in [0.1, 0.15) is 30.6 Å². The number of carbonyl (C=O) groups is 2. The van der Waals surface area contributed by atoms with E-state index in [1.807, 2.05) is 6.92 Å². The summed E-state index contributed by atoms with van der Waals surface area (Å²) in [5.74, 6) is -0.136. The van der Waals surface area contributed by atoms with E-state index in [4.69, 9.17) is 0 Å².